The van der Waals surface area contributed by atoms with Gasteiger partial charge in [-0.2, -0.15) is 8.78 Å². The van der Waals surface area contributed by atoms with Crippen molar-refractivity contribution < 1.29 is 27.1 Å². The molecule has 0 unspecified atom stereocenters. The third-order valence-corrected chi connectivity index (χ3v) is 4.71. The maximum atomic E-state index is 12.9. The minimum Gasteiger partial charge on any atom is -0.370 e. The number of hydrogen-bond acceptors (Lipinski definition) is 2. The standard InChI is InChI=1S/C22H22F4N2O2/c1-2-15-6-4-8-18-16(11-27-20(15)18)10-19(29)28-17-7-3-5-14(9-17)12-30-13-22(25,26)21(23)24/h3-9,11,21,27H,2,10,12-13H2,1H3,(H,28,29). The Morgan fingerprint density at radius 3 is 2.67 bits per heavy atom. The van der Waals surface area contributed by atoms with Crippen molar-refractivity contribution in [2.75, 3.05) is 11.9 Å². The molecule has 0 aliphatic rings. The number of rotatable bonds is 9. The molecule has 0 saturated carbocycles. The Morgan fingerprint density at radius 2 is 1.93 bits per heavy atom. The summed E-state index contributed by atoms with van der Waals surface area (Å²) in [7, 11) is 0. The van der Waals surface area contributed by atoms with E-state index in [0.717, 1.165) is 22.9 Å². The van der Waals surface area contributed by atoms with Crippen molar-refractivity contribution >= 4 is 22.5 Å². The zero-order valence-corrected chi connectivity index (χ0v) is 16.4. The highest BCUT2D eigenvalue weighted by molar-refractivity contribution is 5.96. The van der Waals surface area contributed by atoms with E-state index >= 15 is 0 Å². The van der Waals surface area contributed by atoms with Gasteiger partial charge in [0.2, 0.25) is 5.91 Å². The van der Waals surface area contributed by atoms with E-state index in [0.29, 0.717) is 11.3 Å². The summed E-state index contributed by atoms with van der Waals surface area (Å²) >= 11 is 0. The molecule has 0 bridgehead atoms. The fourth-order valence-electron chi connectivity index (χ4n) is 3.20. The van der Waals surface area contributed by atoms with Gasteiger partial charge < -0.3 is 15.0 Å². The number of aromatic amines is 1. The molecule has 4 nitrogen and oxygen atoms in total. The van der Waals surface area contributed by atoms with Gasteiger partial charge in [0.05, 0.1) is 13.0 Å². The van der Waals surface area contributed by atoms with E-state index in [9.17, 15) is 22.4 Å². The van der Waals surface area contributed by atoms with Crippen molar-refractivity contribution in [2.45, 2.75) is 38.7 Å². The highest BCUT2D eigenvalue weighted by Crippen LogP contribution is 2.24. The number of fused-ring (bicyclic) bond motifs is 1. The van der Waals surface area contributed by atoms with Gasteiger partial charge in [-0.3, -0.25) is 4.79 Å². The van der Waals surface area contributed by atoms with Gasteiger partial charge in [0, 0.05) is 22.8 Å². The zero-order chi connectivity index (χ0) is 21.7. The number of halogens is 4. The van der Waals surface area contributed by atoms with Gasteiger partial charge in [-0.25, -0.2) is 8.78 Å². The first-order chi connectivity index (χ1) is 14.3. The van der Waals surface area contributed by atoms with Crippen LogP contribution in [0.1, 0.15) is 23.6 Å². The third-order valence-electron chi connectivity index (χ3n) is 4.71. The Hall–Kier alpha value is -2.87. The van der Waals surface area contributed by atoms with Crippen molar-refractivity contribution in [3.63, 3.8) is 0 Å². The van der Waals surface area contributed by atoms with Gasteiger partial charge in [-0.05, 0) is 35.2 Å². The summed E-state index contributed by atoms with van der Waals surface area (Å²) < 4.78 is 54.8. The number of anilines is 1. The number of aryl methyl sites for hydroxylation is 1. The van der Waals surface area contributed by atoms with Gasteiger partial charge in [0.15, 0.2) is 0 Å². The fourth-order valence-corrected chi connectivity index (χ4v) is 3.20. The minimum absolute atomic E-state index is 0.161. The molecule has 0 saturated heterocycles. The molecular formula is C22H22F4N2O2. The number of ether oxygens (including phenoxy) is 1. The van der Waals surface area contributed by atoms with E-state index in [1.54, 1.807) is 24.3 Å². The molecule has 30 heavy (non-hydrogen) atoms. The molecule has 2 N–H and O–H groups in total. The number of nitrogens with one attached hydrogen (secondary N) is 2. The van der Waals surface area contributed by atoms with Gasteiger partial charge in [0.25, 0.3) is 0 Å². The maximum absolute atomic E-state index is 12.9. The highest BCUT2D eigenvalue weighted by atomic mass is 19.3. The predicted molar refractivity (Wildman–Crippen MR) is 107 cm³/mol. The molecule has 160 valence electrons. The number of aromatic nitrogens is 1. The topological polar surface area (TPSA) is 54.1 Å². The molecule has 0 aliphatic heterocycles. The summed E-state index contributed by atoms with van der Waals surface area (Å²) in [4.78, 5) is 15.7. The molecule has 1 heterocycles. The number of H-pyrrole nitrogens is 1. The van der Waals surface area contributed by atoms with Crippen molar-refractivity contribution in [3.8, 4) is 0 Å². The van der Waals surface area contributed by atoms with E-state index in [-0.39, 0.29) is 18.9 Å². The molecule has 0 spiro atoms. The number of carbonyl (C=O) groups excluding carboxylic acids is 1. The van der Waals surface area contributed by atoms with E-state index in [1.165, 1.54) is 5.56 Å². The van der Waals surface area contributed by atoms with Crippen LogP contribution in [0.25, 0.3) is 10.9 Å². The molecule has 0 aliphatic carbocycles. The Bertz CT molecular complexity index is 1020. The van der Waals surface area contributed by atoms with Crippen LogP contribution in [0.2, 0.25) is 0 Å². The molecule has 0 radical (unpaired) electrons. The van der Waals surface area contributed by atoms with Crippen LogP contribution < -0.4 is 5.32 Å². The smallest absolute Gasteiger partial charge is 0.330 e. The van der Waals surface area contributed by atoms with E-state index < -0.39 is 19.0 Å². The summed E-state index contributed by atoms with van der Waals surface area (Å²) in [5.74, 6) is -4.43. The summed E-state index contributed by atoms with van der Waals surface area (Å²) in [6, 6.07) is 12.4. The molecule has 3 rings (SSSR count). The maximum Gasteiger partial charge on any atom is 0.330 e. The lowest BCUT2D eigenvalue weighted by Gasteiger charge is -2.15. The first-order valence-corrected chi connectivity index (χ1v) is 9.50. The molecule has 1 aromatic heterocycles. The number of amides is 1. The minimum atomic E-state index is -4.19. The van der Waals surface area contributed by atoms with E-state index in [2.05, 4.69) is 17.2 Å². The fraction of sp³-hybridized carbons (Fsp3) is 0.318. The van der Waals surface area contributed by atoms with Crippen LogP contribution in [-0.2, 0) is 29.0 Å². The monoisotopic (exact) mass is 422 g/mol. The number of hydrogen-bond donors (Lipinski definition) is 2. The number of benzene rings is 2. The van der Waals surface area contributed by atoms with Crippen molar-refractivity contribution in [3.05, 3.63) is 65.4 Å². The van der Waals surface area contributed by atoms with Gasteiger partial charge in [-0.15, -0.1) is 0 Å². The molecule has 1 amide bonds. The van der Waals surface area contributed by atoms with Crippen molar-refractivity contribution in [2.24, 2.45) is 0 Å². The van der Waals surface area contributed by atoms with Gasteiger partial charge in [0.1, 0.15) is 6.61 Å². The van der Waals surface area contributed by atoms with Crippen LogP contribution in [0, 0.1) is 0 Å². The molecule has 0 fully saturated rings. The van der Waals surface area contributed by atoms with Gasteiger partial charge >= 0.3 is 12.3 Å². The van der Waals surface area contributed by atoms with Crippen molar-refractivity contribution in [1.82, 2.24) is 4.98 Å². The Morgan fingerprint density at radius 1 is 1.17 bits per heavy atom. The lowest BCUT2D eigenvalue weighted by atomic mass is 10.1. The van der Waals surface area contributed by atoms with Gasteiger partial charge in [-0.1, -0.05) is 37.3 Å². The van der Waals surface area contributed by atoms with Crippen molar-refractivity contribution in [1.29, 1.82) is 0 Å². The number of carbonyl (C=O) groups is 1. The Kier molecular flexibility index (Phi) is 6.77. The Labute approximate surface area is 171 Å². The molecule has 8 heteroatoms. The summed E-state index contributed by atoms with van der Waals surface area (Å²) in [5.41, 5.74) is 4.01. The zero-order valence-electron chi connectivity index (χ0n) is 16.4. The summed E-state index contributed by atoms with van der Waals surface area (Å²) in [5, 5.41) is 3.75. The van der Waals surface area contributed by atoms with Crippen LogP contribution in [0.4, 0.5) is 23.2 Å². The summed E-state index contributed by atoms with van der Waals surface area (Å²) in [6.07, 6.45) is -0.923. The van der Waals surface area contributed by atoms with E-state index in [1.807, 2.05) is 24.4 Å². The second-order valence-corrected chi connectivity index (χ2v) is 6.99. The van der Waals surface area contributed by atoms with Crippen LogP contribution in [0.15, 0.2) is 48.7 Å². The van der Waals surface area contributed by atoms with Crippen LogP contribution in [-0.4, -0.2) is 29.8 Å². The predicted octanol–water partition coefficient (Wildman–Crippen LogP) is 5.33. The average Bonchev–Trinajstić information content (AvgIpc) is 3.11. The number of alkyl halides is 4. The normalized spacial score (nSPS) is 11.9. The van der Waals surface area contributed by atoms with Crippen LogP contribution in [0.5, 0.6) is 0 Å². The quantitative estimate of drug-likeness (QED) is 0.458. The van der Waals surface area contributed by atoms with Crippen LogP contribution in [0.3, 0.4) is 0 Å². The highest BCUT2D eigenvalue weighted by Gasteiger charge is 2.40. The Balaban J connectivity index is 1.60. The molecular weight excluding hydrogens is 400 g/mol. The second-order valence-electron chi connectivity index (χ2n) is 6.99. The first-order valence-electron chi connectivity index (χ1n) is 9.50. The third kappa shape index (κ3) is 5.18. The lowest BCUT2D eigenvalue weighted by Crippen LogP contribution is -2.32. The average molecular weight is 422 g/mol. The number of para-hydroxylation sites is 1. The summed E-state index contributed by atoms with van der Waals surface area (Å²) in [6.45, 7) is 0.420. The molecule has 0 atom stereocenters. The lowest BCUT2D eigenvalue weighted by molar-refractivity contribution is -0.168. The SMILES string of the molecule is CCc1cccc2c(CC(=O)Nc3cccc(COCC(F)(F)C(F)F)c3)c[nH]c12. The molecule has 3 aromatic rings. The second kappa shape index (κ2) is 9.30. The van der Waals surface area contributed by atoms with Crippen LogP contribution >= 0.6 is 0 Å². The first kappa shape index (κ1) is 21.8. The largest absolute Gasteiger partial charge is 0.370 e. The molecule has 2 aromatic carbocycles. The van der Waals surface area contributed by atoms with E-state index in [4.69, 9.17) is 4.74 Å².